The maximum atomic E-state index is 12.0. The Morgan fingerprint density at radius 3 is 2.69 bits per heavy atom. The summed E-state index contributed by atoms with van der Waals surface area (Å²) in [6.45, 7) is 3.13. The Morgan fingerprint density at radius 2 is 2.06 bits per heavy atom. The standard InChI is InChI=1S/C13H24N2O/c1-2-5-10-6-3-4-7-12(10)15-9-8-11(14)13(15)16/h10-12H,2-9,14H2,1H3/t10-,11-,12-/m0/s1. The van der Waals surface area contributed by atoms with E-state index in [1.54, 1.807) is 0 Å². The molecule has 1 aliphatic heterocycles. The van der Waals surface area contributed by atoms with Crippen LogP contribution in [0.3, 0.4) is 0 Å². The Balaban J connectivity index is 2.02. The Morgan fingerprint density at radius 1 is 1.31 bits per heavy atom. The summed E-state index contributed by atoms with van der Waals surface area (Å²) in [5.41, 5.74) is 5.80. The summed E-state index contributed by atoms with van der Waals surface area (Å²) in [5, 5.41) is 0. The van der Waals surface area contributed by atoms with Crippen LogP contribution in [0.4, 0.5) is 0 Å². The Labute approximate surface area is 98.4 Å². The van der Waals surface area contributed by atoms with Gasteiger partial charge in [-0.05, 0) is 31.6 Å². The van der Waals surface area contributed by atoms with E-state index in [0.717, 1.165) is 18.9 Å². The second kappa shape index (κ2) is 5.17. The van der Waals surface area contributed by atoms with Crippen molar-refractivity contribution in [2.24, 2.45) is 11.7 Å². The van der Waals surface area contributed by atoms with Crippen LogP contribution >= 0.6 is 0 Å². The third kappa shape index (κ3) is 2.24. The molecule has 2 rings (SSSR count). The number of rotatable bonds is 3. The fraction of sp³-hybridized carbons (Fsp3) is 0.923. The van der Waals surface area contributed by atoms with Crippen LogP contribution in [0.2, 0.25) is 0 Å². The summed E-state index contributed by atoms with van der Waals surface area (Å²) in [7, 11) is 0. The van der Waals surface area contributed by atoms with E-state index in [9.17, 15) is 4.79 Å². The highest BCUT2D eigenvalue weighted by Gasteiger charge is 2.37. The number of hydrogen-bond acceptors (Lipinski definition) is 2. The Bertz CT molecular complexity index is 252. The zero-order valence-electron chi connectivity index (χ0n) is 10.3. The van der Waals surface area contributed by atoms with E-state index in [0.29, 0.717) is 6.04 Å². The predicted molar refractivity (Wildman–Crippen MR) is 65.0 cm³/mol. The summed E-state index contributed by atoms with van der Waals surface area (Å²) in [5.74, 6) is 0.931. The lowest BCUT2D eigenvalue weighted by Crippen LogP contribution is -2.45. The van der Waals surface area contributed by atoms with Crippen LogP contribution in [-0.4, -0.2) is 29.4 Å². The van der Waals surface area contributed by atoms with Gasteiger partial charge in [-0.3, -0.25) is 4.79 Å². The van der Waals surface area contributed by atoms with E-state index in [1.165, 1.54) is 38.5 Å². The van der Waals surface area contributed by atoms with E-state index in [1.807, 2.05) is 0 Å². The van der Waals surface area contributed by atoms with Crippen molar-refractivity contribution in [1.82, 2.24) is 4.90 Å². The Kier molecular flexibility index (Phi) is 3.85. The first-order valence-corrected chi connectivity index (χ1v) is 6.80. The van der Waals surface area contributed by atoms with E-state index in [2.05, 4.69) is 11.8 Å². The molecule has 0 aromatic heterocycles. The molecule has 0 radical (unpaired) electrons. The SMILES string of the molecule is CCC[C@H]1CCCC[C@@H]1N1CC[C@H](N)C1=O. The van der Waals surface area contributed by atoms with Crippen molar-refractivity contribution in [3.05, 3.63) is 0 Å². The first-order chi connectivity index (χ1) is 7.74. The maximum absolute atomic E-state index is 12.0. The van der Waals surface area contributed by atoms with Crippen molar-refractivity contribution in [2.45, 2.75) is 64.0 Å². The number of carbonyl (C=O) groups excluding carboxylic acids is 1. The average molecular weight is 224 g/mol. The number of nitrogens with two attached hydrogens (primary N) is 1. The quantitative estimate of drug-likeness (QED) is 0.796. The molecule has 0 aromatic carbocycles. The van der Waals surface area contributed by atoms with Gasteiger partial charge in [0, 0.05) is 12.6 Å². The summed E-state index contributed by atoms with van der Waals surface area (Å²) < 4.78 is 0. The molecule has 2 aliphatic rings. The molecule has 1 saturated carbocycles. The number of carbonyl (C=O) groups is 1. The van der Waals surface area contributed by atoms with Crippen LogP contribution in [0.5, 0.6) is 0 Å². The van der Waals surface area contributed by atoms with E-state index < -0.39 is 0 Å². The number of likely N-dealkylation sites (tertiary alicyclic amines) is 1. The lowest BCUT2D eigenvalue weighted by molar-refractivity contribution is -0.132. The van der Waals surface area contributed by atoms with Gasteiger partial charge in [-0.15, -0.1) is 0 Å². The van der Waals surface area contributed by atoms with Gasteiger partial charge in [0.1, 0.15) is 0 Å². The molecule has 16 heavy (non-hydrogen) atoms. The molecule has 3 atom stereocenters. The average Bonchev–Trinajstić information content (AvgIpc) is 2.61. The molecule has 2 N–H and O–H groups in total. The van der Waals surface area contributed by atoms with Gasteiger partial charge in [0.05, 0.1) is 6.04 Å². The molecule has 1 saturated heterocycles. The van der Waals surface area contributed by atoms with Gasteiger partial charge < -0.3 is 10.6 Å². The fourth-order valence-electron chi connectivity index (χ4n) is 3.36. The zero-order chi connectivity index (χ0) is 11.5. The smallest absolute Gasteiger partial charge is 0.239 e. The van der Waals surface area contributed by atoms with Crippen LogP contribution < -0.4 is 5.73 Å². The molecule has 2 fully saturated rings. The van der Waals surface area contributed by atoms with Crippen LogP contribution in [-0.2, 0) is 4.79 Å². The molecule has 0 aromatic rings. The van der Waals surface area contributed by atoms with Crippen molar-refractivity contribution in [1.29, 1.82) is 0 Å². The third-order valence-corrected chi connectivity index (χ3v) is 4.21. The first-order valence-electron chi connectivity index (χ1n) is 6.80. The zero-order valence-corrected chi connectivity index (χ0v) is 10.3. The minimum Gasteiger partial charge on any atom is -0.338 e. The fourth-order valence-corrected chi connectivity index (χ4v) is 3.36. The molecule has 1 amide bonds. The van der Waals surface area contributed by atoms with Gasteiger partial charge >= 0.3 is 0 Å². The first kappa shape index (κ1) is 11.9. The van der Waals surface area contributed by atoms with Gasteiger partial charge in [0.15, 0.2) is 0 Å². The van der Waals surface area contributed by atoms with Crippen LogP contribution in [0, 0.1) is 5.92 Å². The molecule has 1 aliphatic carbocycles. The minimum atomic E-state index is -0.218. The van der Waals surface area contributed by atoms with Crippen molar-refractivity contribution in [3.8, 4) is 0 Å². The van der Waals surface area contributed by atoms with Crippen molar-refractivity contribution < 1.29 is 4.79 Å². The van der Waals surface area contributed by atoms with Crippen molar-refractivity contribution in [2.75, 3.05) is 6.54 Å². The van der Waals surface area contributed by atoms with E-state index in [4.69, 9.17) is 5.73 Å². The molecule has 0 unspecified atom stereocenters. The second-order valence-corrected chi connectivity index (χ2v) is 5.33. The number of amides is 1. The molecule has 0 spiro atoms. The lowest BCUT2D eigenvalue weighted by atomic mass is 9.81. The van der Waals surface area contributed by atoms with Gasteiger partial charge in [-0.1, -0.05) is 26.2 Å². The predicted octanol–water partition coefficient (Wildman–Crippen LogP) is 1.90. The highest BCUT2D eigenvalue weighted by atomic mass is 16.2. The van der Waals surface area contributed by atoms with Crippen molar-refractivity contribution in [3.63, 3.8) is 0 Å². The third-order valence-electron chi connectivity index (χ3n) is 4.21. The van der Waals surface area contributed by atoms with Crippen LogP contribution in [0.25, 0.3) is 0 Å². The number of hydrogen-bond donors (Lipinski definition) is 1. The highest BCUT2D eigenvalue weighted by molar-refractivity contribution is 5.84. The van der Waals surface area contributed by atoms with Gasteiger partial charge in [0.2, 0.25) is 5.91 Å². The topological polar surface area (TPSA) is 46.3 Å². The normalized spacial score (nSPS) is 35.8. The van der Waals surface area contributed by atoms with Crippen LogP contribution in [0.1, 0.15) is 51.9 Å². The summed E-state index contributed by atoms with van der Waals surface area (Å²) in [6, 6.07) is 0.277. The molecule has 1 heterocycles. The van der Waals surface area contributed by atoms with Crippen molar-refractivity contribution >= 4 is 5.91 Å². The molecule has 3 nitrogen and oxygen atoms in total. The van der Waals surface area contributed by atoms with E-state index in [-0.39, 0.29) is 11.9 Å². The van der Waals surface area contributed by atoms with Gasteiger partial charge in [-0.25, -0.2) is 0 Å². The second-order valence-electron chi connectivity index (χ2n) is 5.33. The van der Waals surface area contributed by atoms with E-state index >= 15 is 0 Å². The largest absolute Gasteiger partial charge is 0.338 e. The highest BCUT2D eigenvalue weighted by Crippen LogP contribution is 2.33. The molecular weight excluding hydrogens is 200 g/mol. The maximum Gasteiger partial charge on any atom is 0.239 e. The number of nitrogens with zero attached hydrogens (tertiary/aromatic N) is 1. The molecule has 92 valence electrons. The van der Waals surface area contributed by atoms with Gasteiger partial charge in [-0.2, -0.15) is 0 Å². The summed E-state index contributed by atoms with van der Waals surface area (Å²) in [6.07, 6.45) is 8.48. The molecular formula is C13H24N2O. The molecule has 3 heteroatoms. The Hall–Kier alpha value is -0.570. The summed E-state index contributed by atoms with van der Waals surface area (Å²) >= 11 is 0. The van der Waals surface area contributed by atoms with Gasteiger partial charge in [0.25, 0.3) is 0 Å². The molecule has 0 bridgehead atoms. The monoisotopic (exact) mass is 224 g/mol. The lowest BCUT2D eigenvalue weighted by Gasteiger charge is -2.38. The summed E-state index contributed by atoms with van der Waals surface area (Å²) in [4.78, 5) is 14.0. The minimum absolute atomic E-state index is 0.202. The van der Waals surface area contributed by atoms with Crippen LogP contribution in [0.15, 0.2) is 0 Å².